The van der Waals surface area contributed by atoms with Gasteiger partial charge < -0.3 is 10.6 Å². The topological polar surface area (TPSA) is 110 Å². The van der Waals surface area contributed by atoms with Gasteiger partial charge in [0.25, 0.3) is 0 Å². The molecule has 28 heavy (non-hydrogen) atoms. The van der Waals surface area contributed by atoms with Gasteiger partial charge in [-0.3, -0.25) is 0 Å². The van der Waals surface area contributed by atoms with Crippen LogP contribution in [0, 0.1) is 13.8 Å². The monoisotopic (exact) mass is 397 g/mol. The van der Waals surface area contributed by atoms with E-state index in [2.05, 4.69) is 46.6 Å². The summed E-state index contributed by atoms with van der Waals surface area (Å²) < 4.78 is 22.6. The predicted octanol–water partition coefficient (Wildman–Crippen LogP) is 3.14. The molecule has 7 nitrogen and oxygen atoms in total. The molecule has 0 fully saturated rings. The summed E-state index contributed by atoms with van der Waals surface area (Å²) in [6, 6.07) is 14.5. The summed E-state index contributed by atoms with van der Waals surface area (Å²) in [5.74, 6) is 1.43. The van der Waals surface area contributed by atoms with Gasteiger partial charge in [0.1, 0.15) is 18.0 Å². The zero-order chi connectivity index (χ0) is 20.1. The molecule has 4 N–H and O–H groups in total. The first kappa shape index (κ1) is 19.8. The second-order valence-electron chi connectivity index (χ2n) is 6.55. The number of hydrogen-bond donors (Lipinski definition) is 3. The summed E-state index contributed by atoms with van der Waals surface area (Å²) >= 11 is 0. The molecular weight excluding hydrogens is 374 g/mol. The zero-order valence-electron chi connectivity index (χ0n) is 15.8. The van der Waals surface area contributed by atoms with Crippen LogP contribution in [0.15, 0.2) is 59.8 Å². The molecule has 0 aliphatic rings. The third-order valence-corrected chi connectivity index (χ3v) is 5.30. The second-order valence-corrected chi connectivity index (χ2v) is 8.11. The zero-order valence-corrected chi connectivity index (χ0v) is 16.6. The van der Waals surface area contributed by atoms with E-state index in [1.54, 1.807) is 12.1 Å². The maximum atomic E-state index is 11.3. The molecule has 2 aromatic carbocycles. The fourth-order valence-electron chi connectivity index (χ4n) is 2.84. The Hall–Kier alpha value is -2.97. The fourth-order valence-corrected chi connectivity index (χ4v) is 3.36. The minimum Gasteiger partial charge on any atom is -0.370 e. The molecule has 0 aliphatic heterocycles. The maximum Gasteiger partial charge on any atom is 0.238 e. The Morgan fingerprint density at radius 2 is 1.61 bits per heavy atom. The molecule has 0 amide bonds. The lowest BCUT2D eigenvalue weighted by Crippen LogP contribution is -2.12. The number of sulfonamides is 1. The number of primary sulfonamides is 1. The Balaban J connectivity index is 1.61. The van der Waals surface area contributed by atoms with Crippen molar-refractivity contribution in [1.29, 1.82) is 0 Å². The highest BCUT2D eigenvalue weighted by molar-refractivity contribution is 7.89. The maximum absolute atomic E-state index is 11.3. The van der Waals surface area contributed by atoms with Gasteiger partial charge in [0.2, 0.25) is 10.0 Å². The molecule has 0 atom stereocenters. The number of hydrogen-bond acceptors (Lipinski definition) is 6. The molecule has 8 heteroatoms. The van der Waals surface area contributed by atoms with Crippen LogP contribution >= 0.6 is 0 Å². The van der Waals surface area contributed by atoms with E-state index in [0.29, 0.717) is 24.6 Å². The van der Waals surface area contributed by atoms with Crippen molar-refractivity contribution in [2.24, 2.45) is 5.14 Å². The lowest BCUT2D eigenvalue weighted by molar-refractivity contribution is 0.598. The number of nitrogens with zero attached hydrogens (tertiary/aromatic N) is 2. The Kier molecular flexibility index (Phi) is 5.91. The Morgan fingerprint density at radius 3 is 2.25 bits per heavy atom. The first-order valence-corrected chi connectivity index (χ1v) is 10.4. The van der Waals surface area contributed by atoms with Crippen LogP contribution in [0.1, 0.15) is 16.7 Å². The molecule has 0 saturated heterocycles. The predicted molar refractivity (Wildman–Crippen MR) is 111 cm³/mol. The lowest BCUT2D eigenvalue weighted by Gasteiger charge is -2.13. The van der Waals surface area contributed by atoms with E-state index >= 15 is 0 Å². The summed E-state index contributed by atoms with van der Waals surface area (Å²) in [7, 11) is -3.66. The molecule has 3 aromatic rings. The number of anilines is 3. The van der Waals surface area contributed by atoms with Crippen LogP contribution in [0.25, 0.3) is 0 Å². The average molecular weight is 398 g/mol. The number of aromatic nitrogens is 2. The summed E-state index contributed by atoms with van der Waals surface area (Å²) in [5, 5.41) is 11.7. The van der Waals surface area contributed by atoms with Crippen molar-refractivity contribution < 1.29 is 8.42 Å². The van der Waals surface area contributed by atoms with Gasteiger partial charge in [-0.1, -0.05) is 30.3 Å². The third kappa shape index (κ3) is 5.05. The van der Waals surface area contributed by atoms with Gasteiger partial charge in [-0.25, -0.2) is 23.5 Å². The minimum absolute atomic E-state index is 0.113. The molecule has 0 unspecified atom stereocenters. The highest BCUT2D eigenvalue weighted by Crippen LogP contribution is 2.23. The highest BCUT2D eigenvalue weighted by Gasteiger charge is 2.07. The Bertz CT molecular complexity index is 1050. The number of rotatable bonds is 7. The molecule has 146 valence electrons. The summed E-state index contributed by atoms with van der Waals surface area (Å²) in [6.07, 6.45) is 2.23. The van der Waals surface area contributed by atoms with Crippen LogP contribution in [0.4, 0.5) is 17.3 Å². The van der Waals surface area contributed by atoms with Crippen LogP contribution in [0.2, 0.25) is 0 Å². The molecule has 0 spiro atoms. The van der Waals surface area contributed by atoms with Crippen molar-refractivity contribution in [2.75, 3.05) is 17.2 Å². The molecule has 0 bridgehead atoms. The molecular formula is C20H23N5O2S. The average Bonchev–Trinajstić information content (AvgIpc) is 2.65. The van der Waals surface area contributed by atoms with Gasteiger partial charge in [0.15, 0.2) is 0 Å². The molecule has 3 rings (SSSR count). The van der Waals surface area contributed by atoms with Gasteiger partial charge in [-0.15, -0.1) is 0 Å². The largest absolute Gasteiger partial charge is 0.370 e. The number of aryl methyl sites for hydroxylation is 2. The van der Waals surface area contributed by atoms with Gasteiger partial charge in [0, 0.05) is 18.3 Å². The quantitative estimate of drug-likeness (QED) is 0.565. The van der Waals surface area contributed by atoms with Crippen LogP contribution in [0.3, 0.4) is 0 Å². The standard InChI is InChI=1S/C20H23N5O2S/c1-14-4-3-5-15(2)20(14)25-19-12-18(23-13-24-19)22-11-10-16-6-8-17(9-7-16)28(21,26)27/h3-9,12-13H,10-11H2,1-2H3,(H2,21,26,27)(H2,22,23,24,25). The van der Waals surface area contributed by atoms with Gasteiger partial charge in [-0.2, -0.15) is 0 Å². The van der Waals surface area contributed by atoms with Gasteiger partial charge in [0.05, 0.1) is 4.90 Å². The van der Waals surface area contributed by atoms with Crippen molar-refractivity contribution in [2.45, 2.75) is 25.2 Å². The number of benzene rings is 2. The summed E-state index contributed by atoms with van der Waals surface area (Å²) in [5.41, 5.74) is 4.34. The van der Waals surface area contributed by atoms with Crippen LogP contribution in [-0.2, 0) is 16.4 Å². The molecule has 0 radical (unpaired) electrons. The Morgan fingerprint density at radius 1 is 0.964 bits per heavy atom. The van der Waals surface area contributed by atoms with Crippen molar-refractivity contribution in [3.63, 3.8) is 0 Å². The molecule has 0 saturated carbocycles. The number of nitrogens with two attached hydrogens (primary N) is 1. The highest BCUT2D eigenvalue weighted by atomic mass is 32.2. The lowest BCUT2D eigenvalue weighted by atomic mass is 10.1. The molecule has 1 heterocycles. The van der Waals surface area contributed by atoms with E-state index in [1.807, 2.05) is 12.1 Å². The normalized spacial score (nSPS) is 11.2. The minimum atomic E-state index is -3.66. The van der Waals surface area contributed by atoms with Gasteiger partial charge in [-0.05, 0) is 49.1 Å². The third-order valence-electron chi connectivity index (χ3n) is 4.37. The molecule has 1 aromatic heterocycles. The van der Waals surface area contributed by atoms with Gasteiger partial charge >= 0.3 is 0 Å². The van der Waals surface area contributed by atoms with Crippen molar-refractivity contribution in [3.8, 4) is 0 Å². The second kappa shape index (κ2) is 8.37. The fraction of sp³-hybridized carbons (Fsp3) is 0.200. The number of nitrogens with one attached hydrogen (secondary N) is 2. The van der Waals surface area contributed by atoms with E-state index in [0.717, 1.165) is 22.4 Å². The van der Waals surface area contributed by atoms with Crippen LogP contribution in [-0.4, -0.2) is 24.9 Å². The van der Waals surface area contributed by atoms with Crippen LogP contribution in [0.5, 0.6) is 0 Å². The van der Waals surface area contributed by atoms with E-state index in [4.69, 9.17) is 5.14 Å². The summed E-state index contributed by atoms with van der Waals surface area (Å²) in [4.78, 5) is 8.64. The molecule has 0 aliphatic carbocycles. The first-order chi connectivity index (χ1) is 13.3. The Labute approximate surface area is 165 Å². The van der Waals surface area contributed by atoms with Crippen molar-refractivity contribution in [1.82, 2.24) is 9.97 Å². The smallest absolute Gasteiger partial charge is 0.238 e. The van der Waals surface area contributed by atoms with E-state index in [1.165, 1.54) is 18.5 Å². The van der Waals surface area contributed by atoms with Crippen LogP contribution < -0.4 is 15.8 Å². The summed E-state index contributed by atoms with van der Waals surface area (Å²) in [6.45, 7) is 4.75. The van der Waals surface area contributed by atoms with E-state index in [-0.39, 0.29) is 4.90 Å². The SMILES string of the molecule is Cc1cccc(C)c1Nc1cc(NCCc2ccc(S(N)(=O)=O)cc2)ncn1. The van der Waals surface area contributed by atoms with Crippen molar-refractivity contribution >= 4 is 27.3 Å². The van der Waals surface area contributed by atoms with E-state index < -0.39 is 10.0 Å². The van der Waals surface area contributed by atoms with E-state index in [9.17, 15) is 8.42 Å². The van der Waals surface area contributed by atoms with Crippen molar-refractivity contribution in [3.05, 3.63) is 71.5 Å². The number of para-hydroxylation sites is 1. The first-order valence-electron chi connectivity index (χ1n) is 8.84.